The van der Waals surface area contributed by atoms with E-state index in [9.17, 15) is 18.7 Å². The summed E-state index contributed by atoms with van der Waals surface area (Å²) in [4.78, 5) is 21.2. The fourth-order valence-electron chi connectivity index (χ4n) is 4.40. The zero-order valence-corrected chi connectivity index (χ0v) is 17.3. The highest BCUT2D eigenvalue weighted by molar-refractivity contribution is 6.00. The monoisotopic (exact) mass is 409 g/mol. The number of carbonyl (C=O) groups is 1. The molecule has 1 aliphatic carbocycles. The van der Waals surface area contributed by atoms with Gasteiger partial charge in [0, 0.05) is 26.1 Å². The Hall–Kier alpha value is -1.80. The first-order valence-electron chi connectivity index (χ1n) is 10.3. The number of aliphatic hydroxyl groups is 1. The van der Waals surface area contributed by atoms with Crippen molar-refractivity contribution in [2.24, 2.45) is 5.41 Å². The van der Waals surface area contributed by atoms with E-state index in [0.717, 1.165) is 48.6 Å². The topological polar surface area (TPSA) is 65.9 Å². The summed E-state index contributed by atoms with van der Waals surface area (Å²) in [6, 6.07) is 0. The number of halogens is 2. The number of fused-ring (bicyclic) bond motifs is 1. The van der Waals surface area contributed by atoms with Crippen LogP contribution >= 0.6 is 0 Å². The van der Waals surface area contributed by atoms with Crippen LogP contribution in [-0.2, 0) is 11.3 Å². The smallest absolute Gasteiger partial charge is 0.256 e. The number of rotatable bonds is 6. The largest absolute Gasteiger partial charge is 0.395 e. The number of amides is 1. The standard InChI is InChI=1S/C21H29F2N3O3/c1-13-14(2)18(24-16-10-26(8-9-27)19(28)17(13)16)25-6-4-15(5-7-25)29-12-20(3)11-21(20,22)23/h15,27H,4-12H2,1-3H3. The zero-order chi connectivity index (χ0) is 21.0. The number of alkyl halides is 2. The summed E-state index contributed by atoms with van der Waals surface area (Å²) < 4.78 is 32.6. The predicted molar refractivity (Wildman–Crippen MR) is 104 cm³/mol. The first-order valence-corrected chi connectivity index (χ1v) is 10.3. The molecule has 2 fully saturated rings. The molecule has 1 N–H and O–H groups in total. The molecule has 4 rings (SSSR count). The van der Waals surface area contributed by atoms with E-state index in [4.69, 9.17) is 9.72 Å². The minimum Gasteiger partial charge on any atom is -0.395 e. The second-order valence-corrected chi connectivity index (χ2v) is 8.90. The van der Waals surface area contributed by atoms with E-state index in [-0.39, 0.29) is 31.6 Å². The molecular weight excluding hydrogens is 380 g/mol. The Bertz CT molecular complexity index is 824. The first kappa shape index (κ1) is 20.5. The van der Waals surface area contributed by atoms with Crippen LogP contribution in [0.3, 0.4) is 0 Å². The molecule has 0 aromatic carbocycles. The number of carbonyl (C=O) groups excluding carboxylic acids is 1. The van der Waals surface area contributed by atoms with Crippen molar-refractivity contribution in [3.8, 4) is 0 Å². The molecular formula is C21H29F2N3O3. The third kappa shape index (κ3) is 3.50. The Labute approximate surface area is 169 Å². The molecule has 1 amide bonds. The second-order valence-electron chi connectivity index (χ2n) is 8.90. The highest BCUT2D eigenvalue weighted by atomic mass is 19.3. The van der Waals surface area contributed by atoms with Gasteiger partial charge in [-0.25, -0.2) is 13.8 Å². The van der Waals surface area contributed by atoms with Crippen molar-refractivity contribution < 1.29 is 23.4 Å². The fraction of sp³-hybridized carbons (Fsp3) is 0.714. The third-order valence-corrected chi connectivity index (χ3v) is 6.76. The number of aliphatic hydroxyl groups excluding tert-OH is 1. The van der Waals surface area contributed by atoms with Gasteiger partial charge in [-0.3, -0.25) is 4.79 Å². The van der Waals surface area contributed by atoms with Crippen molar-refractivity contribution in [1.29, 1.82) is 0 Å². The average Bonchev–Trinajstić information content (AvgIpc) is 3.02. The summed E-state index contributed by atoms with van der Waals surface area (Å²) in [6.07, 6.45) is 1.46. The van der Waals surface area contributed by atoms with Gasteiger partial charge in [-0.15, -0.1) is 0 Å². The van der Waals surface area contributed by atoms with E-state index in [1.54, 1.807) is 11.8 Å². The van der Waals surface area contributed by atoms with Gasteiger partial charge in [-0.1, -0.05) is 6.92 Å². The number of piperidine rings is 1. The van der Waals surface area contributed by atoms with Crippen LogP contribution in [0.5, 0.6) is 0 Å². The summed E-state index contributed by atoms with van der Waals surface area (Å²) in [6.45, 7) is 7.80. The molecule has 6 nitrogen and oxygen atoms in total. The lowest BCUT2D eigenvalue weighted by molar-refractivity contribution is -0.0245. The first-order chi connectivity index (χ1) is 13.7. The van der Waals surface area contributed by atoms with Crippen molar-refractivity contribution in [2.75, 3.05) is 37.7 Å². The maximum absolute atomic E-state index is 13.4. The summed E-state index contributed by atoms with van der Waals surface area (Å²) >= 11 is 0. The normalized spacial score (nSPS) is 26.2. The fourth-order valence-corrected chi connectivity index (χ4v) is 4.40. The van der Waals surface area contributed by atoms with Crippen molar-refractivity contribution in [3.63, 3.8) is 0 Å². The van der Waals surface area contributed by atoms with Crippen LogP contribution in [-0.4, -0.2) is 65.8 Å². The molecule has 29 heavy (non-hydrogen) atoms. The molecule has 3 aliphatic rings. The van der Waals surface area contributed by atoms with E-state index < -0.39 is 11.3 Å². The van der Waals surface area contributed by atoms with Crippen molar-refractivity contribution in [2.45, 2.75) is 58.6 Å². The number of anilines is 1. The van der Waals surface area contributed by atoms with E-state index in [2.05, 4.69) is 4.90 Å². The van der Waals surface area contributed by atoms with Crippen molar-refractivity contribution in [1.82, 2.24) is 9.88 Å². The number of hydrogen-bond donors (Lipinski definition) is 1. The lowest BCUT2D eigenvalue weighted by Crippen LogP contribution is -2.39. The van der Waals surface area contributed by atoms with E-state index in [1.165, 1.54) is 0 Å². The molecule has 1 atom stereocenters. The maximum Gasteiger partial charge on any atom is 0.256 e. The molecule has 1 unspecified atom stereocenters. The lowest BCUT2D eigenvalue weighted by Gasteiger charge is -2.34. The summed E-state index contributed by atoms with van der Waals surface area (Å²) in [7, 11) is 0. The van der Waals surface area contributed by atoms with Gasteiger partial charge in [-0.05, 0) is 37.8 Å². The predicted octanol–water partition coefficient (Wildman–Crippen LogP) is 2.68. The Morgan fingerprint density at radius 1 is 1.24 bits per heavy atom. The number of ether oxygens (including phenoxy) is 1. The number of nitrogens with zero attached hydrogens (tertiary/aromatic N) is 3. The van der Waals surface area contributed by atoms with Crippen molar-refractivity contribution in [3.05, 3.63) is 22.4 Å². The zero-order valence-electron chi connectivity index (χ0n) is 17.3. The lowest BCUT2D eigenvalue weighted by atomic mass is 10.0. The van der Waals surface area contributed by atoms with E-state index in [1.807, 2.05) is 13.8 Å². The number of pyridine rings is 1. The molecule has 0 radical (unpaired) electrons. The number of aromatic nitrogens is 1. The van der Waals surface area contributed by atoms with Crippen LogP contribution in [0.15, 0.2) is 0 Å². The quantitative estimate of drug-likeness (QED) is 0.783. The Balaban J connectivity index is 1.41. The SMILES string of the molecule is Cc1c(N2CCC(OCC3(C)CC3(F)F)CC2)nc2c(c1C)C(=O)N(CCO)C2. The molecule has 8 heteroatoms. The van der Waals surface area contributed by atoms with Gasteiger partial charge in [0.1, 0.15) is 5.82 Å². The van der Waals surface area contributed by atoms with Crippen LogP contribution in [0.4, 0.5) is 14.6 Å². The number of hydrogen-bond acceptors (Lipinski definition) is 5. The van der Waals surface area contributed by atoms with Gasteiger partial charge in [0.25, 0.3) is 11.8 Å². The molecule has 1 aromatic heterocycles. The van der Waals surface area contributed by atoms with Gasteiger partial charge in [-0.2, -0.15) is 0 Å². The van der Waals surface area contributed by atoms with Gasteiger partial charge in [0.05, 0.1) is 42.5 Å². The summed E-state index contributed by atoms with van der Waals surface area (Å²) in [5, 5.41) is 9.18. The molecule has 3 heterocycles. The summed E-state index contributed by atoms with van der Waals surface area (Å²) in [5.74, 6) is -1.76. The Kier molecular flexibility index (Phi) is 5.06. The van der Waals surface area contributed by atoms with Crippen LogP contribution in [0.25, 0.3) is 0 Å². The van der Waals surface area contributed by atoms with Gasteiger partial charge >= 0.3 is 0 Å². The molecule has 1 saturated heterocycles. The van der Waals surface area contributed by atoms with Crippen LogP contribution < -0.4 is 4.90 Å². The number of β-amino-alcohol motifs (C(OH)–C–C–N with tert-alkyl or cyclic N) is 1. The molecule has 1 saturated carbocycles. The third-order valence-electron chi connectivity index (χ3n) is 6.76. The molecule has 160 valence electrons. The van der Waals surface area contributed by atoms with Crippen molar-refractivity contribution >= 4 is 11.7 Å². The van der Waals surface area contributed by atoms with Crippen LogP contribution in [0, 0.1) is 19.3 Å². The van der Waals surface area contributed by atoms with E-state index >= 15 is 0 Å². The summed E-state index contributed by atoms with van der Waals surface area (Å²) in [5.41, 5.74) is 2.37. The Morgan fingerprint density at radius 3 is 2.48 bits per heavy atom. The minimum absolute atomic E-state index is 0.00284. The average molecular weight is 409 g/mol. The molecule has 2 aliphatic heterocycles. The highest BCUT2D eigenvalue weighted by Gasteiger charge is 2.68. The Morgan fingerprint density at radius 2 is 1.90 bits per heavy atom. The molecule has 0 bridgehead atoms. The minimum atomic E-state index is -2.59. The highest BCUT2D eigenvalue weighted by Crippen LogP contribution is 2.60. The van der Waals surface area contributed by atoms with Gasteiger partial charge in [0.15, 0.2) is 0 Å². The molecule has 0 spiro atoms. The van der Waals surface area contributed by atoms with Gasteiger partial charge < -0.3 is 19.6 Å². The van der Waals surface area contributed by atoms with Crippen LogP contribution in [0.1, 0.15) is 53.4 Å². The van der Waals surface area contributed by atoms with Gasteiger partial charge in [0.2, 0.25) is 0 Å². The molecule has 1 aromatic rings. The maximum atomic E-state index is 13.4. The second kappa shape index (κ2) is 7.16. The van der Waals surface area contributed by atoms with Crippen LogP contribution in [0.2, 0.25) is 0 Å². The van der Waals surface area contributed by atoms with E-state index in [0.29, 0.717) is 18.7 Å².